The van der Waals surface area contributed by atoms with E-state index in [0.717, 1.165) is 32.6 Å². The number of thiazole rings is 1. The molecule has 2 aromatic heterocycles. The summed E-state index contributed by atoms with van der Waals surface area (Å²) >= 11 is 4.67. The maximum absolute atomic E-state index is 13.8. The van der Waals surface area contributed by atoms with Crippen molar-refractivity contribution in [2.24, 2.45) is 0 Å². The zero-order valence-electron chi connectivity index (χ0n) is 20.1. The van der Waals surface area contributed by atoms with Crippen molar-refractivity contribution in [1.29, 1.82) is 0 Å². The Morgan fingerprint density at radius 3 is 2.63 bits per heavy atom. The molecular weight excluding hydrogens is 568 g/mol. The topological polar surface area (TPSA) is 86.0 Å². The van der Waals surface area contributed by atoms with Crippen LogP contribution in [0.15, 0.2) is 76.0 Å². The summed E-state index contributed by atoms with van der Waals surface area (Å²) < 4.78 is 14.2. The highest BCUT2D eigenvalue weighted by Gasteiger charge is 2.35. The number of carbonyl (C=O) groups is 1. The molecule has 3 aromatic carbocycles. The first-order valence-corrected chi connectivity index (χ1v) is 13.6. The monoisotopic (exact) mass is 586 g/mol. The van der Waals surface area contributed by atoms with Crippen molar-refractivity contribution in [3.8, 4) is 11.5 Å². The largest absolute Gasteiger partial charge is 0.485 e. The Bertz CT molecular complexity index is 1860. The fourth-order valence-corrected chi connectivity index (χ4v) is 6.11. The number of ether oxygens (including phenoxy) is 2. The number of nitrogens with zero attached hydrogens (tertiary/aromatic N) is 4. The third-order valence-corrected chi connectivity index (χ3v) is 8.16. The molecule has 8 nitrogen and oxygen atoms in total. The van der Waals surface area contributed by atoms with Crippen LogP contribution in [0.5, 0.6) is 11.5 Å². The zero-order chi connectivity index (χ0) is 26.0. The summed E-state index contributed by atoms with van der Waals surface area (Å²) in [5.41, 5.74) is 3.61. The molecule has 0 bridgehead atoms. The number of anilines is 1. The van der Waals surface area contributed by atoms with E-state index in [9.17, 15) is 9.59 Å². The summed E-state index contributed by atoms with van der Waals surface area (Å²) in [4.78, 5) is 34.0. The number of halogens is 1. The average molecular weight is 587 g/mol. The SMILES string of the molecule is Cc1ccc(CN2C(=O)/C(=c3\sc4nc(C5COc6ccccc6O5)nn4c3=O)c3cc(Br)ccc32)cc1. The van der Waals surface area contributed by atoms with E-state index in [0.29, 0.717) is 44.5 Å². The van der Waals surface area contributed by atoms with Gasteiger partial charge in [0, 0.05) is 10.0 Å². The summed E-state index contributed by atoms with van der Waals surface area (Å²) in [5.74, 6) is 1.41. The van der Waals surface area contributed by atoms with Crippen LogP contribution in [0.4, 0.5) is 5.69 Å². The summed E-state index contributed by atoms with van der Waals surface area (Å²) in [5, 5.41) is 4.45. The summed E-state index contributed by atoms with van der Waals surface area (Å²) in [7, 11) is 0. The number of rotatable bonds is 3. The molecule has 38 heavy (non-hydrogen) atoms. The van der Waals surface area contributed by atoms with Gasteiger partial charge in [0.05, 0.1) is 17.8 Å². The minimum absolute atomic E-state index is 0.221. The second-order valence-corrected chi connectivity index (χ2v) is 11.1. The number of hydrogen-bond donors (Lipinski definition) is 0. The lowest BCUT2D eigenvalue weighted by molar-refractivity contribution is -0.113. The van der Waals surface area contributed by atoms with Crippen molar-refractivity contribution in [3.05, 3.63) is 109 Å². The Balaban J connectivity index is 1.30. The molecule has 1 atom stereocenters. The highest BCUT2D eigenvalue weighted by atomic mass is 79.9. The number of fused-ring (bicyclic) bond motifs is 3. The molecule has 188 valence electrons. The van der Waals surface area contributed by atoms with Gasteiger partial charge in [-0.3, -0.25) is 9.59 Å². The predicted molar refractivity (Wildman–Crippen MR) is 147 cm³/mol. The lowest BCUT2D eigenvalue weighted by atomic mass is 10.1. The summed E-state index contributed by atoms with van der Waals surface area (Å²) in [6.07, 6.45) is -0.540. The smallest absolute Gasteiger partial charge is 0.291 e. The van der Waals surface area contributed by atoms with Gasteiger partial charge < -0.3 is 14.4 Å². The highest BCUT2D eigenvalue weighted by molar-refractivity contribution is 9.10. The quantitative estimate of drug-likeness (QED) is 0.315. The first-order valence-electron chi connectivity index (χ1n) is 12.0. The van der Waals surface area contributed by atoms with Crippen LogP contribution in [0.1, 0.15) is 28.6 Å². The van der Waals surface area contributed by atoms with E-state index in [2.05, 4.69) is 26.0 Å². The van der Waals surface area contributed by atoms with Crippen molar-refractivity contribution >= 4 is 49.4 Å². The maximum Gasteiger partial charge on any atom is 0.291 e. The lowest BCUT2D eigenvalue weighted by Crippen LogP contribution is -2.32. The van der Waals surface area contributed by atoms with E-state index in [4.69, 9.17) is 9.47 Å². The minimum Gasteiger partial charge on any atom is -0.485 e. The number of hydrogen-bond acceptors (Lipinski definition) is 7. The van der Waals surface area contributed by atoms with Crippen molar-refractivity contribution in [2.45, 2.75) is 19.6 Å². The molecule has 0 saturated heterocycles. The van der Waals surface area contributed by atoms with Gasteiger partial charge in [0.25, 0.3) is 11.5 Å². The maximum atomic E-state index is 13.8. The first-order chi connectivity index (χ1) is 18.5. The second-order valence-electron chi connectivity index (χ2n) is 9.18. The molecule has 10 heteroatoms. The van der Waals surface area contributed by atoms with E-state index < -0.39 is 6.10 Å². The number of amides is 1. The van der Waals surface area contributed by atoms with Crippen LogP contribution in [0.3, 0.4) is 0 Å². The Morgan fingerprint density at radius 2 is 1.84 bits per heavy atom. The van der Waals surface area contributed by atoms with Crippen molar-refractivity contribution < 1.29 is 14.3 Å². The Labute approximate surface area is 228 Å². The molecule has 4 heterocycles. The van der Waals surface area contributed by atoms with Gasteiger partial charge in [-0.15, -0.1) is 5.10 Å². The molecule has 2 aliphatic rings. The van der Waals surface area contributed by atoms with E-state index in [1.807, 2.05) is 73.7 Å². The molecule has 0 saturated carbocycles. The summed E-state index contributed by atoms with van der Waals surface area (Å²) in [6.45, 7) is 2.66. The van der Waals surface area contributed by atoms with Gasteiger partial charge in [0.1, 0.15) is 11.1 Å². The number of carbonyl (C=O) groups excluding carboxylic acids is 1. The van der Waals surface area contributed by atoms with E-state index >= 15 is 0 Å². The Morgan fingerprint density at radius 1 is 1.05 bits per heavy atom. The fraction of sp³-hybridized carbons (Fsp3) is 0.143. The fourth-order valence-electron chi connectivity index (χ4n) is 4.74. The third-order valence-electron chi connectivity index (χ3n) is 6.64. The molecular formula is C28H19BrN4O4S. The number of benzene rings is 3. The Kier molecular flexibility index (Phi) is 5.34. The zero-order valence-corrected chi connectivity index (χ0v) is 22.5. The van der Waals surface area contributed by atoms with Gasteiger partial charge in [0.2, 0.25) is 4.96 Å². The highest BCUT2D eigenvalue weighted by Crippen LogP contribution is 2.38. The van der Waals surface area contributed by atoms with Crippen LogP contribution in [0.25, 0.3) is 10.5 Å². The molecule has 0 aliphatic carbocycles. The first kappa shape index (κ1) is 23.1. The van der Waals surface area contributed by atoms with Gasteiger partial charge in [-0.05, 0) is 42.8 Å². The number of aromatic nitrogens is 3. The van der Waals surface area contributed by atoms with E-state index in [1.165, 1.54) is 4.52 Å². The number of aryl methyl sites for hydroxylation is 1. The van der Waals surface area contributed by atoms with Crippen LogP contribution >= 0.6 is 27.3 Å². The van der Waals surface area contributed by atoms with Gasteiger partial charge in [-0.1, -0.05) is 69.2 Å². The van der Waals surface area contributed by atoms with Crippen molar-refractivity contribution in [1.82, 2.24) is 14.6 Å². The molecule has 1 amide bonds. The van der Waals surface area contributed by atoms with Crippen LogP contribution in [0, 0.1) is 6.92 Å². The van der Waals surface area contributed by atoms with Gasteiger partial charge >= 0.3 is 0 Å². The standard InChI is InChI=1S/C28H19BrN4O4S/c1-15-6-8-16(9-7-15)13-32-19-11-10-17(29)12-18(19)23(26(32)34)24-27(35)33-28(38-24)30-25(31-33)22-14-36-20-4-2-3-5-21(20)37-22/h2-12,22H,13-14H2,1H3/b24-23-. The molecule has 0 fully saturated rings. The minimum atomic E-state index is -0.540. The van der Waals surface area contributed by atoms with Gasteiger partial charge in [0.15, 0.2) is 23.4 Å². The van der Waals surface area contributed by atoms with Gasteiger partial charge in [-0.2, -0.15) is 9.50 Å². The lowest BCUT2D eigenvalue weighted by Gasteiger charge is -2.24. The second kappa shape index (κ2) is 8.78. The summed E-state index contributed by atoms with van der Waals surface area (Å²) in [6, 6.07) is 21.1. The Hall–Kier alpha value is -4.02. The molecule has 5 aromatic rings. The van der Waals surface area contributed by atoms with Crippen LogP contribution < -0.4 is 24.5 Å². The molecule has 7 rings (SSSR count). The van der Waals surface area contributed by atoms with Crippen LogP contribution in [0.2, 0.25) is 0 Å². The van der Waals surface area contributed by atoms with Crippen LogP contribution in [-0.2, 0) is 11.3 Å². The predicted octanol–water partition coefficient (Wildman–Crippen LogP) is 4.20. The molecule has 0 spiro atoms. The van der Waals surface area contributed by atoms with E-state index in [-0.39, 0.29) is 18.1 Å². The molecule has 2 aliphatic heterocycles. The third kappa shape index (κ3) is 3.71. The van der Waals surface area contributed by atoms with E-state index in [1.54, 1.807) is 4.90 Å². The van der Waals surface area contributed by atoms with Gasteiger partial charge in [-0.25, -0.2) is 0 Å². The van der Waals surface area contributed by atoms with Crippen molar-refractivity contribution in [2.75, 3.05) is 11.5 Å². The number of para-hydroxylation sites is 2. The van der Waals surface area contributed by atoms with Crippen molar-refractivity contribution in [3.63, 3.8) is 0 Å². The average Bonchev–Trinajstić information content (AvgIpc) is 3.55. The molecule has 1 unspecified atom stereocenters. The molecule has 0 N–H and O–H groups in total. The normalized spacial score (nSPS) is 17.8. The van der Waals surface area contributed by atoms with Crippen LogP contribution in [-0.4, -0.2) is 27.1 Å². The molecule has 0 radical (unpaired) electrons.